The monoisotopic (exact) mass is 321 g/mol. The summed E-state index contributed by atoms with van der Waals surface area (Å²) in [6.45, 7) is -0.330. The molecule has 0 aliphatic rings. The molecule has 1 N–H and O–H groups in total. The number of hydrogen-bond donors (Lipinski definition) is 1. The van der Waals surface area contributed by atoms with Gasteiger partial charge in [0, 0.05) is 0 Å². The molecule has 2 aromatic rings. The zero-order chi connectivity index (χ0) is 15.3. The Bertz CT molecular complexity index is 571. The predicted octanol–water partition coefficient (Wildman–Crippen LogP) is 2.95. The van der Waals surface area contributed by atoms with Crippen LogP contribution in [-0.4, -0.2) is 23.2 Å². The number of hydrogen-bond acceptors (Lipinski definition) is 6. The molecule has 9 heteroatoms. The van der Waals surface area contributed by atoms with Crippen molar-refractivity contribution in [1.29, 1.82) is 0 Å². The number of ether oxygens (including phenoxy) is 3. The van der Waals surface area contributed by atoms with E-state index in [0.29, 0.717) is 16.6 Å². The lowest BCUT2D eigenvalue weighted by atomic mass is 10.3. The Morgan fingerprint density at radius 3 is 2.33 bits per heavy atom. The van der Waals surface area contributed by atoms with E-state index >= 15 is 0 Å². The molecule has 21 heavy (non-hydrogen) atoms. The molecule has 1 aromatic carbocycles. The van der Waals surface area contributed by atoms with Crippen molar-refractivity contribution >= 4 is 11.3 Å². The van der Waals surface area contributed by atoms with Gasteiger partial charge in [0.15, 0.2) is 0 Å². The molecule has 0 fully saturated rings. The fourth-order valence-electron chi connectivity index (χ4n) is 1.33. The van der Waals surface area contributed by atoms with E-state index in [9.17, 15) is 13.2 Å². The lowest BCUT2D eigenvalue weighted by Gasteiger charge is -2.10. The third-order valence-corrected chi connectivity index (χ3v) is 2.97. The molecular formula is C12H10F3NO4S. The Balaban J connectivity index is 1.80. The van der Waals surface area contributed by atoms with Gasteiger partial charge in [0.1, 0.15) is 16.5 Å². The number of alkyl halides is 3. The third kappa shape index (κ3) is 5.12. The second-order valence-corrected chi connectivity index (χ2v) is 4.61. The topological polar surface area (TPSA) is 60.8 Å². The fourth-order valence-corrected chi connectivity index (χ4v) is 1.90. The lowest BCUT2D eigenvalue weighted by Crippen LogP contribution is -2.17. The van der Waals surface area contributed by atoms with Crippen molar-refractivity contribution in [3.8, 4) is 17.4 Å². The standard InChI is InChI=1S/C12H10F3NO4S/c13-12(14,15)20-9-3-1-8(2-4-9)18-7-19-10-6-21-11(5-17)16-10/h1-4,6,17H,5,7H2. The van der Waals surface area contributed by atoms with Crippen LogP contribution in [0.5, 0.6) is 17.4 Å². The number of thiazole rings is 1. The summed E-state index contributed by atoms with van der Waals surface area (Å²) in [5.74, 6) is 0.297. The van der Waals surface area contributed by atoms with Gasteiger partial charge in [-0.3, -0.25) is 0 Å². The highest BCUT2D eigenvalue weighted by molar-refractivity contribution is 7.09. The minimum Gasteiger partial charge on any atom is -0.457 e. The van der Waals surface area contributed by atoms with Gasteiger partial charge in [-0.2, -0.15) is 0 Å². The summed E-state index contributed by atoms with van der Waals surface area (Å²) in [7, 11) is 0. The van der Waals surface area contributed by atoms with Crippen molar-refractivity contribution in [2.75, 3.05) is 6.79 Å². The molecular weight excluding hydrogens is 311 g/mol. The van der Waals surface area contributed by atoms with Gasteiger partial charge in [0.05, 0.1) is 12.0 Å². The first-order chi connectivity index (χ1) is 9.96. The van der Waals surface area contributed by atoms with Gasteiger partial charge in [-0.05, 0) is 24.3 Å². The molecule has 0 aliphatic carbocycles. The lowest BCUT2D eigenvalue weighted by molar-refractivity contribution is -0.274. The largest absolute Gasteiger partial charge is 0.573 e. The predicted molar refractivity (Wildman–Crippen MR) is 67.3 cm³/mol. The van der Waals surface area contributed by atoms with Crippen molar-refractivity contribution in [1.82, 2.24) is 4.98 Å². The van der Waals surface area contributed by atoms with Crippen LogP contribution in [0.4, 0.5) is 13.2 Å². The van der Waals surface area contributed by atoms with Crippen molar-refractivity contribution in [2.45, 2.75) is 13.0 Å². The molecule has 0 unspecified atom stereocenters. The quantitative estimate of drug-likeness (QED) is 0.829. The Labute approximate surface area is 121 Å². The van der Waals surface area contributed by atoms with Gasteiger partial charge >= 0.3 is 6.36 Å². The number of benzene rings is 1. The van der Waals surface area contributed by atoms with Crippen LogP contribution >= 0.6 is 11.3 Å². The van der Waals surface area contributed by atoms with Crippen LogP contribution in [0.1, 0.15) is 5.01 Å². The minimum absolute atomic E-state index is 0.159. The number of aliphatic hydroxyl groups is 1. The highest BCUT2D eigenvalue weighted by Gasteiger charge is 2.30. The summed E-state index contributed by atoms with van der Waals surface area (Å²) < 4.78 is 50.0. The van der Waals surface area contributed by atoms with E-state index in [-0.39, 0.29) is 19.1 Å². The maximum absolute atomic E-state index is 12.0. The summed E-state index contributed by atoms with van der Waals surface area (Å²) in [6.07, 6.45) is -4.72. The number of aliphatic hydroxyl groups excluding tert-OH is 1. The van der Waals surface area contributed by atoms with E-state index in [1.165, 1.54) is 23.5 Å². The van der Waals surface area contributed by atoms with Crippen molar-refractivity contribution in [3.05, 3.63) is 34.7 Å². The maximum atomic E-state index is 12.0. The minimum atomic E-state index is -4.72. The summed E-state index contributed by atoms with van der Waals surface area (Å²) in [4.78, 5) is 3.94. The average Bonchev–Trinajstić information content (AvgIpc) is 2.87. The average molecular weight is 321 g/mol. The number of nitrogens with zero attached hydrogens (tertiary/aromatic N) is 1. The van der Waals surface area contributed by atoms with Gasteiger partial charge in [0.2, 0.25) is 12.7 Å². The molecule has 0 aliphatic heterocycles. The fraction of sp³-hybridized carbons (Fsp3) is 0.250. The number of halogens is 3. The molecule has 114 valence electrons. The van der Waals surface area contributed by atoms with E-state index in [0.717, 1.165) is 12.1 Å². The van der Waals surface area contributed by atoms with Crippen LogP contribution < -0.4 is 14.2 Å². The van der Waals surface area contributed by atoms with Crippen LogP contribution in [0.3, 0.4) is 0 Å². The van der Waals surface area contributed by atoms with E-state index in [4.69, 9.17) is 14.6 Å². The molecule has 0 atom stereocenters. The van der Waals surface area contributed by atoms with E-state index in [1.54, 1.807) is 5.38 Å². The molecule has 0 saturated heterocycles. The third-order valence-electron chi connectivity index (χ3n) is 2.16. The molecule has 0 spiro atoms. The van der Waals surface area contributed by atoms with Crippen LogP contribution in [0, 0.1) is 0 Å². The molecule has 0 amide bonds. The second-order valence-electron chi connectivity index (χ2n) is 3.66. The Morgan fingerprint density at radius 1 is 1.10 bits per heavy atom. The summed E-state index contributed by atoms with van der Waals surface area (Å²) >= 11 is 1.24. The van der Waals surface area contributed by atoms with Gasteiger partial charge < -0.3 is 19.3 Å². The first-order valence-corrected chi connectivity index (χ1v) is 6.51. The first-order valence-electron chi connectivity index (χ1n) is 5.63. The molecule has 5 nitrogen and oxygen atoms in total. The molecule has 0 saturated carbocycles. The van der Waals surface area contributed by atoms with E-state index < -0.39 is 6.36 Å². The van der Waals surface area contributed by atoms with Gasteiger partial charge in [0.25, 0.3) is 0 Å². The maximum Gasteiger partial charge on any atom is 0.573 e. The molecule has 2 rings (SSSR count). The van der Waals surface area contributed by atoms with Gasteiger partial charge in [-0.15, -0.1) is 24.5 Å². The summed E-state index contributed by atoms with van der Waals surface area (Å²) in [5, 5.41) is 10.9. The Kier molecular flexibility index (Phi) is 4.86. The second kappa shape index (κ2) is 6.64. The number of rotatable bonds is 6. The van der Waals surface area contributed by atoms with Crippen molar-refractivity contribution < 1.29 is 32.5 Å². The highest BCUT2D eigenvalue weighted by atomic mass is 32.1. The van der Waals surface area contributed by atoms with Crippen LogP contribution in [0.25, 0.3) is 0 Å². The van der Waals surface area contributed by atoms with Crippen molar-refractivity contribution in [2.24, 2.45) is 0 Å². The first kappa shape index (κ1) is 15.4. The number of aromatic nitrogens is 1. The van der Waals surface area contributed by atoms with Gasteiger partial charge in [-0.25, -0.2) is 4.98 Å². The van der Waals surface area contributed by atoms with Gasteiger partial charge in [-0.1, -0.05) is 0 Å². The zero-order valence-corrected chi connectivity index (χ0v) is 11.3. The molecule has 0 bridgehead atoms. The molecule has 0 radical (unpaired) electrons. The van der Waals surface area contributed by atoms with Crippen LogP contribution in [0.2, 0.25) is 0 Å². The van der Waals surface area contributed by atoms with Crippen LogP contribution in [-0.2, 0) is 6.61 Å². The van der Waals surface area contributed by atoms with Crippen molar-refractivity contribution in [3.63, 3.8) is 0 Å². The van der Waals surface area contributed by atoms with Crippen LogP contribution in [0.15, 0.2) is 29.6 Å². The summed E-state index contributed by atoms with van der Waals surface area (Å²) in [6, 6.07) is 4.92. The van der Waals surface area contributed by atoms with E-state index in [2.05, 4.69) is 9.72 Å². The van der Waals surface area contributed by atoms with E-state index in [1.807, 2.05) is 0 Å². The highest BCUT2D eigenvalue weighted by Crippen LogP contribution is 2.24. The smallest absolute Gasteiger partial charge is 0.457 e. The Morgan fingerprint density at radius 2 is 1.76 bits per heavy atom. The molecule has 1 aromatic heterocycles. The molecule has 1 heterocycles. The normalized spacial score (nSPS) is 11.2. The zero-order valence-electron chi connectivity index (χ0n) is 10.5. The Hall–Kier alpha value is -2.00. The SMILES string of the molecule is OCc1nc(OCOc2ccc(OC(F)(F)F)cc2)cs1. The summed E-state index contributed by atoms with van der Waals surface area (Å²) in [5.41, 5.74) is 0.